The van der Waals surface area contributed by atoms with Crippen LogP contribution in [0.5, 0.6) is 5.75 Å². The third-order valence-electron chi connectivity index (χ3n) is 6.88. The number of aliphatic hydroxyl groups is 1. The average Bonchev–Trinajstić information content (AvgIpc) is 3.31. The van der Waals surface area contributed by atoms with Crippen molar-refractivity contribution in [1.29, 1.82) is 0 Å². The van der Waals surface area contributed by atoms with Gasteiger partial charge in [-0.3, -0.25) is 9.78 Å². The lowest BCUT2D eigenvalue weighted by atomic mass is 9.83. The molecule has 0 unspecified atom stereocenters. The van der Waals surface area contributed by atoms with E-state index in [0.29, 0.717) is 31.6 Å². The number of para-hydroxylation sites is 1. The first kappa shape index (κ1) is 25.1. The fraction of sp³-hybridized carbons (Fsp3) is 0.385. The molecule has 0 saturated heterocycles. The van der Waals surface area contributed by atoms with Gasteiger partial charge in [0.15, 0.2) is 0 Å². The van der Waals surface area contributed by atoms with Crippen molar-refractivity contribution in [2.45, 2.75) is 43.7 Å². The van der Waals surface area contributed by atoms with Crippen molar-refractivity contribution in [1.82, 2.24) is 9.29 Å². The molecule has 1 saturated carbocycles. The number of pyridine rings is 1. The molecule has 1 aromatic heterocycles. The Balaban J connectivity index is 1.52. The van der Waals surface area contributed by atoms with E-state index in [9.17, 15) is 18.3 Å². The smallest absolute Gasteiger partial charge is 0.315 e. The highest BCUT2D eigenvalue weighted by Crippen LogP contribution is 2.43. The van der Waals surface area contributed by atoms with E-state index in [2.05, 4.69) is 4.98 Å². The lowest BCUT2D eigenvalue weighted by Gasteiger charge is -2.36. The lowest BCUT2D eigenvalue weighted by molar-refractivity contribution is -0.157. The first-order valence-corrected chi connectivity index (χ1v) is 12.9. The van der Waals surface area contributed by atoms with Crippen molar-refractivity contribution >= 4 is 26.9 Å². The number of aliphatic hydroxyl groups excluding tert-OH is 1. The number of rotatable bonds is 8. The lowest BCUT2D eigenvalue weighted by Crippen LogP contribution is -2.51. The van der Waals surface area contributed by atoms with Gasteiger partial charge in [0.25, 0.3) is 0 Å². The number of esters is 1. The Morgan fingerprint density at radius 1 is 1.20 bits per heavy atom. The Morgan fingerprint density at radius 2 is 1.91 bits per heavy atom. The Hall–Kier alpha value is -3.01. The van der Waals surface area contributed by atoms with E-state index >= 15 is 0 Å². The number of nitrogens with zero attached hydrogens (tertiary/aromatic N) is 2. The Bertz CT molecular complexity index is 1330. The number of benzene rings is 2. The number of aryl methyl sites for hydroxylation is 1. The zero-order valence-electron chi connectivity index (χ0n) is 20.1. The quantitative estimate of drug-likeness (QED) is 0.474. The first-order valence-electron chi connectivity index (χ1n) is 11.5. The van der Waals surface area contributed by atoms with Gasteiger partial charge in [-0.15, -0.1) is 0 Å². The second-order valence-electron chi connectivity index (χ2n) is 8.94. The second-order valence-corrected chi connectivity index (χ2v) is 10.9. The van der Waals surface area contributed by atoms with E-state index in [4.69, 9.17) is 9.47 Å². The summed E-state index contributed by atoms with van der Waals surface area (Å²) < 4.78 is 38.7. The van der Waals surface area contributed by atoms with Gasteiger partial charge in [-0.25, -0.2) is 8.42 Å². The second kappa shape index (κ2) is 9.93. The highest BCUT2D eigenvalue weighted by Gasteiger charge is 2.53. The molecular weight excluding hydrogens is 468 g/mol. The van der Waals surface area contributed by atoms with Crippen molar-refractivity contribution in [3.8, 4) is 5.75 Å². The topological polar surface area (TPSA) is 106 Å². The zero-order valence-corrected chi connectivity index (χ0v) is 20.9. The molecule has 8 nitrogen and oxygen atoms in total. The Labute approximate surface area is 205 Å². The molecule has 4 rings (SSSR count). The summed E-state index contributed by atoms with van der Waals surface area (Å²) in [5.74, 6) is -0.0579. The van der Waals surface area contributed by atoms with Crippen LogP contribution in [0.1, 0.15) is 30.5 Å². The van der Waals surface area contributed by atoms with Gasteiger partial charge in [0.1, 0.15) is 17.8 Å². The number of hydrogen-bond donors (Lipinski definition) is 1. The third-order valence-corrected chi connectivity index (χ3v) is 8.76. The van der Waals surface area contributed by atoms with Gasteiger partial charge < -0.3 is 14.6 Å². The molecule has 1 N–H and O–H groups in total. The van der Waals surface area contributed by atoms with Crippen molar-refractivity contribution in [2.24, 2.45) is 5.41 Å². The molecule has 35 heavy (non-hydrogen) atoms. The molecule has 0 radical (unpaired) electrons. The van der Waals surface area contributed by atoms with Crippen LogP contribution in [-0.2, 0) is 26.2 Å². The van der Waals surface area contributed by atoms with E-state index in [1.807, 2.05) is 37.3 Å². The summed E-state index contributed by atoms with van der Waals surface area (Å²) in [6, 6.07) is 15.3. The highest BCUT2D eigenvalue weighted by molar-refractivity contribution is 7.89. The van der Waals surface area contributed by atoms with Crippen LogP contribution in [0.2, 0.25) is 0 Å². The normalized spacial score (nSPS) is 20.3. The van der Waals surface area contributed by atoms with Gasteiger partial charge in [-0.1, -0.05) is 24.6 Å². The number of carbonyl (C=O) groups is 1. The minimum atomic E-state index is -3.91. The monoisotopic (exact) mass is 498 g/mol. The number of sulfonamides is 1. The maximum atomic E-state index is 13.4. The molecule has 3 aromatic rings. The Morgan fingerprint density at radius 3 is 2.60 bits per heavy atom. The van der Waals surface area contributed by atoms with Crippen LogP contribution in [0.3, 0.4) is 0 Å². The van der Waals surface area contributed by atoms with E-state index in [0.717, 1.165) is 22.2 Å². The maximum Gasteiger partial charge on any atom is 0.315 e. The minimum absolute atomic E-state index is 0.0844. The van der Waals surface area contributed by atoms with Crippen molar-refractivity contribution in [3.63, 3.8) is 0 Å². The fourth-order valence-corrected chi connectivity index (χ4v) is 6.45. The van der Waals surface area contributed by atoms with Crippen LogP contribution in [-0.4, -0.2) is 55.6 Å². The van der Waals surface area contributed by atoms with Crippen LogP contribution < -0.4 is 4.74 Å². The summed E-state index contributed by atoms with van der Waals surface area (Å²) in [4.78, 5) is 17.1. The van der Waals surface area contributed by atoms with Gasteiger partial charge in [-0.2, -0.15) is 4.31 Å². The number of ether oxygens (including phenoxy) is 2. The summed E-state index contributed by atoms with van der Waals surface area (Å²) in [6.07, 6.45) is 1.46. The van der Waals surface area contributed by atoms with Crippen LogP contribution in [0.25, 0.3) is 10.9 Å². The van der Waals surface area contributed by atoms with E-state index < -0.39 is 34.1 Å². The van der Waals surface area contributed by atoms with E-state index in [-0.39, 0.29) is 4.90 Å². The molecule has 2 aromatic carbocycles. The summed E-state index contributed by atoms with van der Waals surface area (Å²) in [5, 5.41) is 11.0. The molecule has 0 amide bonds. The number of hydrogen-bond acceptors (Lipinski definition) is 7. The van der Waals surface area contributed by atoms with Crippen molar-refractivity contribution < 1.29 is 27.8 Å². The molecule has 186 valence electrons. The summed E-state index contributed by atoms with van der Waals surface area (Å²) in [7, 11) is -1.22. The van der Waals surface area contributed by atoms with Crippen LogP contribution >= 0.6 is 0 Å². The summed E-state index contributed by atoms with van der Waals surface area (Å²) in [6.45, 7) is 1.78. The fourth-order valence-electron chi connectivity index (χ4n) is 4.99. The number of fused-ring (bicyclic) bond motifs is 1. The number of carbonyl (C=O) groups excluding carboxylic acids is 1. The zero-order chi connectivity index (χ0) is 25.2. The van der Waals surface area contributed by atoms with Crippen LogP contribution in [0, 0.1) is 12.3 Å². The van der Waals surface area contributed by atoms with E-state index in [1.165, 1.54) is 30.6 Å². The van der Waals surface area contributed by atoms with Gasteiger partial charge in [0, 0.05) is 29.7 Å². The molecule has 0 bridgehead atoms. The molecule has 9 heteroatoms. The third kappa shape index (κ3) is 4.63. The predicted octanol–water partition coefficient (Wildman–Crippen LogP) is 3.45. The number of aromatic nitrogens is 1. The Kier molecular flexibility index (Phi) is 7.12. The predicted molar refractivity (Wildman–Crippen MR) is 131 cm³/mol. The number of methoxy groups -OCH3 is 1. The maximum absolute atomic E-state index is 13.4. The average molecular weight is 499 g/mol. The van der Waals surface area contributed by atoms with Gasteiger partial charge in [0.2, 0.25) is 10.0 Å². The SMILES string of the molecule is COC(=O)[C@@]1(CO)CCC[C@H]1N(C)S(=O)(=O)c1ccc(OCc2cc(C)nc3ccccc23)cc1. The summed E-state index contributed by atoms with van der Waals surface area (Å²) >= 11 is 0. The van der Waals surface area contributed by atoms with Gasteiger partial charge in [-0.05, 0) is 56.2 Å². The largest absolute Gasteiger partial charge is 0.489 e. The van der Waals surface area contributed by atoms with E-state index in [1.54, 1.807) is 12.1 Å². The minimum Gasteiger partial charge on any atom is -0.489 e. The molecule has 1 heterocycles. The van der Waals surface area contributed by atoms with Crippen molar-refractivity contribution in [2.75, 3.05) is 20.8 Å². The van der Waals surface area contributed by atoms with Gasteiger partial charge in [0.05, 0.1) is 24.1 Å². The molecule has 1 fully saturated rings. The van der Waals surface area contributed by atoms with Gasteiger partial charge >= 0.3 is 5.97 Å². The molecule has 2 atom stereocenters. The molecular formula is C26H30N2O6S. The highest BCUT2D eigenvalue weighted by atomic mass is 32.2. The van der Waals surface area contributed by atoms with Crippen LogP contribution in [0.4, 0.5) is 0 Å². The molecule has 0 spiro atoms. The first-order chi connectivity index (χ1) is 16.7. The molecule has 1 aliphatic rings. The standard InChI is InChI=1S/C26H30N2O6S/c1-18-15-19(22-7-4-5-8-23(22)27-18)16-34-20-10-12-21(13-11-20)35(31,32)28(2)24-9-6-14-26(24,17-29)25(30)33-3/h4-5,7-8,10-13,15,24,29H,6,9,14,16-17H2,1-3H3/t24-,26-/m1/s1. The van der Waals surface area contributed by atoms with Crippen LogP contribution in [0.15, 0.2) is 59.5 Å². The van der Waals surface area contributed by atoms with Crippen molar-refractivity contribution in [3.05, 3.63) is 65.9 Å². The summed E-state index contributed by atoms with van der Waals surface area (Å²) in [5.41, 5.74) is 1.53. The molecule has 0 aliphatic heterocycles. The molecule has 1 aliphatic carbocycles.